The summed E-state index contributed by atoms with van der Waals surface area (Å²) in [6, 6.07) is 10.3. The molecule has 1 atom stereocenters. The topological polar surface area (TPSA) is 54.5 Å². The fourth-order valence-electron chi connectivity index (χ4n) is 2.46. The molecule has 3 rings (SSSR count). The van der Waals surface area contributed by atoms with Crippen molar-refractivity contribution in [1.82, 2.24) is 15.2 Å². The van der Waals surface area contributed by atoms with Crippen molar-refractivity contribution in [2.24, 2.45) is 0 Å². The second-order valence-electron chi connectivity index (χ2n) is 5.22. The van der Waals surface area contributed by atoms with Crippen LogP contribution in [0.25, 0.3) is 0 Å². The Morgan fingerprint density at radius 1 is 1.41 bits per heavy atom. The second kappa shape index (κ2) is 7.49. The Morgan fingerprint density at radius 3 is 3.05 bits per heavy atom. The van der Waals surface area contributed by atoms with E-state index in [4.69, 9.17) is 4.74 Å². The van der Waals surface area contributed by atoms with E-state index in [1.54, 1.807) is 6.20 Å². The summed E-state index contributed by atoms with van der Waals surface area (Å²) >= 11 is 1.54. The van der Waals surface area contributed by atoms with Gasteiger partial charge in [0.05, 0.1) is 13.2 Å². The van der Waals surface area contributed by atoms with E-state index >= 15 is 0 Å². The summed E-state index contributed by atoms with van der Waals surface area (Å²) in [5, 5.41) is 5.71. The van der Waals surface area contributed by atoms with Crippen molar-refractivity contribution in [2.75, 3.05) is 19.7 Å². The number of thiazole rings is 1. The number of aromatic nitrogens is 1. The lowest BCUT2D eigenvalue weighted by molar-refractivity contribution is -0.139. The fraction of sp³-hybridized carbons (Fsp3) is 0.375. The van der Waals surface area contributed by atoms with E-state index in [-0.39, 0.29) is 5.91 Å². The first kappa shape index (κ1) is 15.1. The van der Waals surface area contributed by atoms with Gasteiger partial charge in [0.1, 0.15) is 11.1 Å². The molecule has 0 radical (unpaired) electrons. The van der Waals surface area contributed by atoms with Crippen LogP contribution in [0.15, 0.2) is 41.9 Å². The molecule has 6 heteroatoms. The minimum atomic E-state index is -0.405. The van der Waals surface area contributed by atoms with Gasteiger partial charge in [0, 0.05) is 31.2 Å². The molecule has 1 amide bonds. The first-order valence-corrected chi connectivity index (χ1v) is 8.23. The maximum Gasteiger partial charge on any atom is 0.250 e. The van der Waals surface area contributed by atoms with Gasteiger partial charge in [-0.05, 0) is 5.56 Å². The van der Waals surface area contributed by atoms with Crippen molar-refractivity contribution in [1.29, 1.82) is 0 Å². The molecule has 0 bridgehead atoms. The molecule has 22 heavy (non-hydrogen) atoms. The van der Waals surface area contributed by atoms with Crippen LogP contribution in [0.4, 0.5) is 0 Å². The van der Waals surface area contributed by atoms with Crippen LogP contribution < -0.4 is 5.32 Å². The summed E-state index contributed by atoms with van der Waals surface area (Å²) in [5.41, 5.74) is 1.26. The van der Waals surface area contributed by atoms with Gasteiger partial charge in [-0.1, -0.05) is 30.3 Å². The zero-order chi connectivity index (χ0) is 15.2. The number of hydrogen-bond donors (Lipinski definition) is 1. The van der Waals surface area contributed by atoms with Gasteiger partial charge in [-0.2, -0.15) is 0 Å². The standard InChI is InChI=1S/C16H19N3O2S/c20-16(18-10-15-17-6-9-22-15)14-12-19(7-8-21-14)11-13-4-2-1-3-5-13/h1-6,9,14H,7-8,10-12H2,(H,18,20). The molecule has 1 saturated heterocycles. The molecule has 2 aromatic rings. The maximum absolute atomic E-state index is 12.2. The predicted octanol–water partition coefficient (Wildman–Crippen LogP) is 1.66. The second-order valence-corrected chi connectivity index (χ2v) is 6.20. The van der Waals surface area contributed by atoms with Crippen molar-refractivity contribution < 1.29 is 9.53 Å². The number of carbonyl (C=O) groups excluding carboxylic acids is 1. The van der Waals surface area contributed by atoms with E-state index < -0.39 is 6.10 Å². The lowest BCUT2D eigenvalue weighted by atomic mass is 10.2. The Balaban J connectivity index is 1.50. The minimum absolute atomic E-state index is 0.0621. The quantitative estimate of drug-likeness (QED) is 0.911. The lowest BCUT2D eigenvalue weighted by Crippen LogP contribution is -2.49. The summed E-state index contributed by atoms with van der Waals surface area (Å²) in [7, 11) is 0. The van der Waals surface area contributed by atoms with Crippen molar-refractivity contribution in [2.45, 2.75) is 19.2 Å². The highest BCUT2D eigenvalue weighted by Crippen LogP contribution is 2.11. The average Bonchev–Trinajstić information content (AvgIpc) is 3.07. The van der Waals surface area contributed by atoms with E-state index in [1.165, 1.54) is 16.9 Å². The highest BCUT2D eigenvalue weighted by atomic mass is 32.1. The van der Waals surface area contributed by atoms with Crippen LogP contribution in [0.1, 0.15) is 10.6 Å². The van der Waals surface area contributed by atoms with E-state index in [0.717, 1.165) is 18.1 Å². The fourth-order valence-corrected chi connectivity index (χ4v) is 3.02. The Kier molecular flexibility index (Phi) is 5.15. The van der Waals surface area contributed by atoms with Gasteiger partial charge in [-0.25, -0.2) is 4.98 Å². The monoisotopic (exact) mass is 317 g/mol. The molecule has 1 aliphatic rings. The first-order valence-electron chi connectivity index (χ1n) is 7.35. The predicted molar refractivity (Wildman–Crippen MR) is 85.4 cm³/mol. The Bertz CT molecular complexity index is 589. The number of nitrogens with zero attached hydrogens (tertiary/aromatic N) is 2. The molecule has 1 fully saturated rings. The van der Waals surface area contributed by atoms with Crippen molar-refractivity contribution >= 4 is 17.2 Å². The van der Waals surface area contributed by atoms with Crippen LogP contribution in [-0.2, 0) is 22.6 Å². The molecule has 1 unspecified atom stereocenters. The number of carbonyl (C=O) groups is 1. The summed E-state index contributed by atoms with van der Waals surface area (Å²) in [6.07, 6.45) is 1.34. The third kappa shape index (κ3) is 4.13. The number of rotatable bonds is 5. The molecule has 1 aliphatic heterocycles. The van der Waals surface area contributed by atoms with Crippen LogP contribution in [0.3, 0.4) is 0 Å². The van der Waals surface area contributed by atoms with Crippen LogP contribution in [0, 0.1) is 0 Å². The Hall–Kier alpha value is -1.76. The largest absolute Gasteiger partial charge is 0.366 e. The zero-order valence-electron chi connectivity index (χ0n) is 12.3. The average molecular weight is 317 g/mol. The highest BCUT2D eigenvalue weighted by molar-refractivity contribution is 7.09. The number of hydrogen-bond acceptors (Lipinski definition) is 5. The molecular formula is C16H19N3O2S. The van der Waals surface area contributed by atoms with E-state index in [9.17, 15) is 4.79 Å². The van der Waals surface area contributed by atoms with E-state index in [2.05, 4.69) is 27.3 Å². The van der Waals surface area contributed by atoms with Crippen LogP contribution in [-0.4, -0.2) is 41.6 Å². The molecule has 0 aliphatic carbocycles. The SMILES string of the molecule is O=C(NCc1nccs1)C1CN(Cc2ccccc2)CCO1. The smallest absolute Gasteiger partial charge is 0.250 e. The van der Waals surface area contributed by atoms with Crippen LogP contribution in [0.5, 0.6) is 0 Å². The van der Waals surface area contributed by atoms with E-state index in [1.807, 2.05) is 23.6 Å². The summed E-state index contributed by atoms with van der Waals surface area (Å²) in [6.45, 7) is 3.38. The normalized spacial score (nSPS) is 19.0. The zero-order valence-corrected chi connectivity index (χ0v) is 13.1. The molecular weight excluding hydrogens is 298 g/mol. The Labute approximate surface area is 133 Å². The highest BCUT2D eigenvalue weighted by Gasteiger charge is 2.26. The number of amides is 1. The summed E-state index contributed by atoms with van der Waals surface area (Å²) in [4.78, 5) is 18.6. The lowest BCUT2D eigenvalue weighted by Gasteiger charge is -2.32. The number of morpholine rings is 1. The van der Waals surface area contributed by atoms with Crippen molar-refractivity contribution in [3.63, 3.8) is 0 Å². The molecule has 5 nitrogen and oxygen atoms in total. The molecule has 1 N–H and O–H groups in total. The van der Waals surface area contributed by atoms with Gasteiger partial charge in [-0.15, -0.1) is 11.3 Å². The third-order valence-electron chi connectivity index (χ3n) is 3.59. The van der Waals surface area contributed by atoms with Crippen LogP contribution >= 0.6 is 11.3 Å². The van der Waals surface area contributed by atoms with Crippen LogP contribution in [0.2, 0.25) is 0 Å². The van der Waals surface area contributed by atoms with Crippen molar-refractivity contribution in [3.8, 4) is 0 Å². The summed E-state index contributed by atoms with van der Waals surface area (Å²) in [5.74, 6) is -0.0621. The maximum atomic E-state index is 12.2. The Morgan fingerprint density at radius 2 is 2.27 bits per heavy atom. The molecule has 0 spiro atoms. The summed E-state index contributed by atoms with van der Waals surface area (Å²) < 4.78 is 5.61. The van der Waals surface area contributed by atoms with Crippen molar-refractivity contribution in [3.05, 3.63) is 52.5 Å². The van der Waals surface area contributed by atoms with Gasteiger partial charge in [0.15, 0.2) is 0 Å². The number of benzene rings is 1. The first-order chi connectivity index (χ1) is 10.8. The van der Waals surface area contributed by atoms with Gasteiger partial charge < -0.3 is 10.1 Å². The van der Waals surface area contributed by atoms with E-state index in [0.29, 0.717) is 19.7 Å². The molecule has 0 saturated carbocycles. The molecule has 116 valence electrons. The molecule has 2 heterocycles. The van der Waals surface area contributed by atoms with Gasteiger partial charge in [-0.3, -0.25) is 9.69 Å². The third-order valence-corrected chi connectivity index (χ3v) is 4.37. The van der Waals surface area contributed by atoms with Gasteiger partial charge in [0.25, 0.3) is 5.91 Å². The number of ether oxygens (including phenoxy) is 1. The minimum Gasteiger partial charge on any atom is -0.366 e. The van der Waals surface area contributed by atoms with Gasteiger partial charge >= 0.3 is 0 Å². The molecule has 1 aromatic carbocycles. The number of nitrogens with one attached hydrogen (secondary N) is 1. The van der Waals surface area contributed by atoms with Gasteiger partial charge in [0.2, 0.25) is 0 Å². The molecule has 1 aromatic heterocycles.